The van der Waals surface area contributed by atoms with Crippen molar-refractivity contribution in [1.29, 1.82) is 0 Å². The summed E-state index contributed by atoms with van der Waals surface area (Å²) in [7, 11) is 1.77. The van der Waals surface area contributed by atoms with Gasteiger partial charge in [0.25, 0.3) is 5.56 Å². The number of para-hydroxylation sites is 3. The van der Waals surface area contributed by atoms with Gasteiger partial charge in [-0.05, 0) is 37.6 Å². The van der Waals surface area contributed by atoms with Crippen molar-refractivity contribution in [2.75, 3.05) is 35.7 Å². The van der Waals surface area contributed by atoms with E-state index < -0.39 is 11.2 Å². The average molecular weight is 466 g/mol. The van der Waals surface area contributed by atoms with Gasteiger partial charge in [-0.15, -0.1) is 0 Å². The van der Waals surface area contributed by atoms with Crippen LogP contribution in [0.15, 0.2) is 64.2 Å². The number of carbonyl (C=O) groups excluding carboxylic acids is 1. The number of H-pyrrole nitrogens is 1. The van der Waals surface area contributed by atoms with Crippen molar-refractivity contribution in [3.63, 3.8) is 0 Å². The number of unbranched alkanes of at least 4 members (excludes halogenated alkanes) is 1. The first-order valence-electron chi connectivity index (χ1n) is 11.3. The van der Waals surface area contributed by atoms with Crippen LogP contribution in [-0.4, -0.2) is 35.6 Å². The van der Waals surface area contributed by atoms with Crippen molar-refractivity contribution >= 4 is 23.1 Å². The summed E-state index contributed by atoms with van der Waals surface area (Å²) in [5.41, 5.74) is 5.66. The van der Waals surface area contributed by atoms with E-state index >= 15 is 0 Å². The maximum atomic E-state index is 13.3. The SMILES string of the molecule is CCCCn1c(N)c(N(CC)C(=O)CN(C)c2ccccc2Oc2ccccc2)c(=O)[nH]c1=O. The number of nitrogens with one attached hydrogen (secondary N) is 1. The van der Waals surface area contributed by atoms with E-state index in [2.05, 4.69) is 4.98 Å². The van der Waals surface area contributed by atoms with E-state index in [1.165, 1.54) is 9.47 Å². The number of aromatic nitrogens is 2. The van der Waals surface area contributed by atoms with Crippen LogP contribution in [0.25, 0.3) is 0 Å². The molecule has 3 rings (SSSR count). The molecule has 0 bridgehead atoms. The summed E-state index contributed by atoms with van der Waals surface area (Å²) in [4.78, 5) is 43.5. The van der Waals surface area contributed by atoms with Gasteiger partial charge in [-0.2, -0.15) is 0 Å². The highest BCUT2D eigenvalue weighted by atomic mass is 16.5. The van der Waals surface area contributed by atoms with Gasteiger partial charge in [0.15, 0.2) is 11.4 Å². The Bertz CT molecular complexity index is 1240. The van der Waals surface area contributed by atoms with Crippen molar-refractivity contribution in [2.24, 2.45) is 0 Å². The summed E-state index contributed by atoms with van der Waals surface area (Å²) in [6.45, 7) is 4.29. The zero-order valence-corrected chi connectivity index (χ0v) is 19.8. The van der Waals surface area contributed by atoms with Gasteiger partial charge >= 0.3 is 5.69 Å². The molecule has 0 aliphatic carbocycles. The highest BCUT2D eigenvalue weighted by molar-refractivity contribution is 5.98. The fourth-order valence-electron chi connectivity index (χ4n) is 3.68. The number of benzene rings is 2. The molecule has 3 aromatic rings. The minimum Gasteiger partial charge on any atom is -0.455 e. The van der Waals surface area contributed by atoms with Crippen LogP contribution in [0, 0.1) is 0 Å². The predicted molar refractivity (Wildman–Crippen MR) is 135 cm³/mol. The van der Waals surface area contributed by atoms with Crippen molar-refractivity contribution < 1.29 is 9.53 Å². The second kappa shape index (κ2) is 11.2. The van der Waals surface area contributed by atoms with Crippen LogP contribution in [0.3, 0.4) is 0 Å². The largest absolute Gasteiger partial charge is 0.455 e. The van der Waals surface area contributed by atoms with Crippen LogP contribution < -0.4 is 31.5 Å². The summed E-state index contributed by atoms with van der Waals surface area (Å²) in [6, 6.07) is 16.8. The molecule has 1 heterocycles. The van der Waals surface area contributed by atoms with Crippen molar-refractivity contribution in [2.45, 2.75) is 33.2 Å². The monoisotopic (exact) mass is 465 g/mol. The average Bonchev–Trinajstić information content (AvgIpc) is 2.82. The number of aromatic amines is 1. The minimum atomic E-state index is -0.680. The fourth-order valence-corrected chi connectivity index (χ4v) is 3.68. The zero-order valence-electron chi connectivity index (χ0n) is 19.8. The molecule has 2 aromatic carbocycles. The Hall–Kier alpha value is -4.01. The lowest BCUT2D eigenvalue weighted by Crippen LogP contribution is -2.44. The number of amides is 1. The van der Waals surface area contributed by atoms with E-state index in [4.69, 9.17) is 10.5 Å². The van der Waals surface area contributed by atoms with Gasteiger partial charge in [0.2, 0.25) is 5.91 Å². The smallest absolute Gasteiger partial charge is 0.330 e. The summed E-state index contributed by atoms with van der Waals surface area (Å²) in [5.74, 6) is 0.932. The second-order valence-electron chi connectivity index (χ2n) is 7.88. The molecule has 0 aliphatic heterocycles. The Morgan fingerprint density at radius 2 is 1.74 bits per heavy atom. The Labute approximate surface area is 198 Å². The second-order valence-corrected chi connectivity index (χ2v) is 7.88. The molecule has 0 saturated heterocycles. The van der Waals surface area contributed by atoms with Gasteiger partial charge in [-0.3, -0.25) is 19.1 Å². The van der Waals surface area contributed by atoms with E-state index in [0.29, 0.717) is 23.7 Å². The van der Waals surface area contributed by atoms with Crippen LogP contribution in [0.5, 0.6) is 11.5 Å². The highest BCUT2D eigenvalue weighted by Gasteiger charge is 2.24. The topological polar surface area (TPSA) is 114 Å². The van der Waals surface area contributed by atoms with Gasteiger partial charge < -0.3 is 20.3 Å². The van der Waals surface area contributed by atoms with Gasteiger partial charge in [-0.1, -0.05) is 43.7 Å². The van der Waals surface area contributed by atoms with Gasteiger partial charge in [-0.25, -0.2) is 4.79 Å². The minimum absolute atomic E-state index is 0.00661. The molecule has 9 nitrogen and oxygen atoms in total. The maximum Gasteiger partial charge on any atom is 0.330 e. The molecule has 0 atom stereocenters. The quantitative estimate of drug-likeness (QED) is 0.475. The number of likely N-dealkylation sites (N-methyl/N-ethyl adjacent to an activating group) is 2. The lowest BCUT2D eigenvalue weighted by Gasteiger charge is -2.27. The van der Waals surface area contributed by atoms with Gasteiger partial charge in [0, 0.05) is 20.1 Å². The molecular weight excluding hydrogens is 434 g/mol. The summed E-state index contributed by atoms with van der Waals surface area (Å²) in [6.07, 6.45) is 1.57. The molecule has 3 N–H and O–H groups in total. The standard InChI is InChI=1S/C25H31N5O4/c1-4-6-16-30-23(26)22(24(32)27-25(30)33)29(5-2)21(31)17-28(3)19-14-10-11-15-20(19)34-18-12-8-7-9-13-18/h7-15H,4-6,16-17,26H2,1-3H3,(H,27,32,33). The number of nitrogens with two attached hydrogens (primary N) is 1. The molecule has 0 spiro atoms. The van der Waals surface area contributed by atoms with Crippen LogP contribution in [0.4, 0.5) is 17.2 Å². The third-order valence-electron chi connectivity index (χ3n) is 5.46. The molecule has 180 valence electrons. The zero-order chi connectivity index (χ0) is 24.7. The fraction of sp³-hybridized carbons (Fsp3) is 0.320. The Kier molecular flexibility index (Phi) is 8.13. The third kappa shape index (κ3) is 5.48. The molecule has 1 amide bonds. The molecular formula is C25H31N5O4. The van der Waals surface area contributed by atoms with E-state index in [1.807, 2.05) is 61.5 Å². The van der Waals surface area contributed by atoms with Crippen molar-refractivity contribution in [3.8, 4) is 11.5 Å². The first kappa shape index (κ1) is 24.6. The number of hydrogen-bond acceptors (Lipinski definition) is 6. The van der Waals surface area contributed by atoms with E-state index in [1.54, 1.807) is 18.9 Å². The number of hydrogen-bond donors (Lipinski definition) is 2. The predicted octanol–water partition coefficient (Wildman–Crippen LogP) is 3.20. The molecule has 0 aliphatic rings. The number of nitrogens with zero attached hydrogens (tertiary/aromatic N) is 3. The highest BCUT2D eigenvalue weighted by Crippen LogP contribution is 2.31. The molecule has 0 unspecified atom stereocenters. The van der Waals surface area contributed by atoms with E-state index in [9.17, 15) is 14.4 Å². The number of rotatable bonds is 10. The molecule has 0 radical (unpaired) electrons. The Morgan fingerprint density at radius 3 is 2.41 bits per heavy atom. The normalized spacial score (nSPS) is 10.7. The first-order chi connectivity index (χ1) is 16.4. The number of anilines is 3. The molecule has 34 heavy (non-hydrogen) atoms. The summed E-state index contributed by atoms with van der Waals surface area (Å²) >= 11 is 0. The lowest BCUT2D eigenvalue weighted by atomic mass is 10.2. The number of carbonyl (C=O) groups is 1. The first-order valence-corrected chi connectivity index (χ1v) is 11.3. The third-order valence-corrected chi connectivity index (χ3v) is 5.46. The van der Waals surface area contributed by atoms with Crippen molar-refractivity contribution in [3.05, 3.63) is 75.4 Å². The molecule has 0 saturated carbocycles. The maximum absolute atomic E-state index is 13.3. The van der Waals surface area contributed by atoms with Gasteiger partial charge in [0.05, 0.1) is 12.2 Å². The lowest BCUT2D eigenvalue weighted by molar-refractivity contribution is -0.117. The van der Waals surface area contributed by atoms with Crippen LogP contribution in [0.1, 0.15) is 26.7 Å². The number of nitrogen functional groups attached to an aromatic ring is 1. The molecule has 0 fully saturated rings. The van der Waals surface area contributed by atoms with Crippen molar-refractivity contribution in [1.82, 2.24) is 9.55 Å². The Morgan fingerprint density at radius 1 is 1.06 bits per heavy atom. The summed E-state index contributed by atoms with van der Waals surface area (Å²) < 4.78 is 7.32. The van der Waals surface area contributed by atoms with Crippen LogP contribution in [-0.2, 0) is 11.3 Å². The van der Waals surface area contributed by atoms with E-state index in [-0.39, 0.29) is 30.5 Å². The number of ether oxygens (including phenoxy) is 1. The molecule has 9 heteroatoms. The molecule has 1 aromatic heterocycles. The van der Waals surface area contributed by atoms with Crippen LogP contribution >= 0.6 is 0 Å². The summed E-state index contributed by atoms with van der Waals surface area (Å²) in [5, 5.41) is 0. The van der Waals surface area contributed by atoms with E-state index in [0.717, 1.165) is 12.8 Å². The Balaban J connectivity index is 1.87. The van der Waals surface area contributed by atoms with Crippen LogP contribution in [0.2, 0.25) is 0 Å². The van der Waals surface area contributed by atoms with Gasteiger partial charge in [0.1, 0.15) is 11.6 Å².